The Morgan fingerprint density at radius 1 is 1.03 bits per heavy atom. The van der Waals surface area contributed by atoms with Crippen molar-refractivity contribution in [3.05, 3.63) is 94.6 Å². The number of nitrogens with zero attached hydrogens (tertiary/aromatic N) is 2. The largest absolute Gasteiger partial charge is 0.323 e. The van der Waals surface area contributed by atoms with Gasteiger partial charge in [-0.3, -0.25) is 14.9 Å². The zero-order valence-corrected chi connectivity index (χ0v) is 15.9. The number of anilines is 1. The Morgan fingerprint density at radius 2 is 1.83 bits per heavy atom. The second-order valence-electron chi connectivity index (χ2n) is 6.24. The van der Waals surface area contributed by atoms with E-state index in [1.807, 2.05) is 48.5 Å². The molecule has 1 aromatic heterocycles. The number of nitro groups is 1. The van der Waals surface area contributed by atoms with Crippen molar-refractivity contribution in [1.82, 2.24) is 4.98 Å². The number of hydrogen-bond donors (Lipinski definition) is 1. The Morgan fingerprint density at radius 3 is 2.59 bits per heavy atom. The first-order valence-electron chi connectivity index (χ1n) is 8.78. The lowest BCUT2D eigenvalue weighted by Gasteiger charge is -2.03. The molecule has 142 valence electrons. The third-order valence-corrected chi connectivity index (χ3v) is 5.29. The van der Waals surface area contributed by atoms with Crippen LogP contribution in [-0.2, 0) is 4.79 Å². The molecule has 0 bridgehead atoms. The molecule has 0 atom stereocenters. The van der Waals surface area contributed by atoms with Crippen LogP contribution in [0.2, 0.25) is 0 Å². The van der Waals surface area contributed by atoms with Crippen LogP contribution in [0.25, 0.3) is 26.9 Å². The number of carbonyl (C=O) groups excluding carboxylic acids is 1. The van der Waals surface area contributed by atoms with Crippen molar-refractivity contribution < 1.29 is 9.72 Å². The van der Waals surface area contributed by atoms with Crippen LogP contribution in [0.15, 0.2) is 78.9 Å². The Bertz CT molecular complexity index is 1200. The maximum absolute atomic E-state index is 12.1. The molecular weight excluding hydrogens is 386 g/mol. The third-order valence-electron chi connectivity index (χ3n) is 4.20. The topological polar surface area (TPSA) is 85.1 Å². The minimum absolute atomic E-state index is 0.0157. The van der Waals surface area contributed by atoms with Gasteiger partial charge in [-0.05, 0) is 48.0 Å². The molecule has 1 N–H and O–H groups in total. The number of aromatic nitrogens is 1. The van der Waals surface area contributed by atoms with Crippen LogP contribution in [0.5, 0.6) is 0 Å². The standard InChI is InChI=1S/C22H15N3O3S/c26-21(13-8-15-4-3-5-18(14-15)25(27)28)23-17-11-9-16(10-12-17)22-24-19-6-1-2-7-20(19)29-22/h1-14H,(H,23,26). The van der Waals surface area contributed by atoms with Crippen LogP contribution in [0.1, 0.15) is 5.56 Å². The van der Waals surface area contributed by atoms with E-state index in [0.717, 1.165) is 20.8 Å². The summed E-state index contributed by atoms with van der Waals surface area (Å²) in [6, 6.07) is 21.5. The number of nitrogens with one attached hydrogen (secondary N) is 1. The van der Waals surface area contributed by atoms with Gasteiger partial charge in [0.2, 0.25) is 5.91 Å². The Hall–Kier alpha value is -3.84. The van der Waals surface area contributed by atoms with Gasteiger partial charge in [0.25, 0.3) is 5.69 Å². The molecule has 0 unspecified atom stereocenters. The van der Waals surface area contributed by atoms with Gasteiger partial charge in [-0.2, -0.15) is 0 Å². The summed E-state index contributed by atoms with van der Waals surface area (Å²) >= 11 is 1.62. The van der Waals surface area contributed by atoms with Crippen molar-refractivity contribution in [2.45, 2.75) is 0 Å². The van der Waals surface area contributed by atoms with Crippen molar-refractivity contribution in [1.29, 1.82) is 0 Å². The number of fused-ring (bicyclic) bond motifs is 1. The molecule has 0 aliphatic rings. The van der Waals surface area contributed by atoms with E-state index in [1.54, 1.807) is 23.5 Å². The van der Waals surface area contributed by atoms with E-state index < -0.39 is 4.92 Å². The first-order valence-corrected chi connectivity index (χ1v) is 9.60. The molecule has 4 rings (SSSR count). The highest BCUT2D eigenvalue weighted by Crippen LogP contribution is 2.30. The minimum Gasteiger partial charge on any atom is -0.323 e. The Kier molecular flexibility index (Phi) is 5.13. The van der Waals surface area contributed by atoms with Gasteiger partial charge in [0.05, 0.1) is 15.1 Å². The molecule has 0 saturated carbocycles. The summed E-state index contributed by atoms with van der Waals surface area (Å²) in [4.78, 5) is 27.1. The molecule has 1 amide bonds. The van der Waals surface area contributed by atoms with E-state index in [2.05, 4.69) is 10.3 Å². The van der Waals surface area contributed by atoms with Gasteiger partial charge < -0.3 is 5.32 Å². The van der Waals surface area contributed by atoms with E-state index in [0.29, 0.717) is 11.3 Å². The molecule has 3 aromatic carbocycles. The van der Waals surface area contributed by atoms with Crippen molar-refractivity contribution in [2.75, 3.05) is 5.32 Å². The smallest absolute Gasteiger partial charge is 0.270 e. The van der Waals surface area contributed by atoms with Crippen molar-refractivity contribution in [3.63, 3.8) is 0 Å². The van der Waals surface area contributed by atoms with E-state index in [9.17, 15) is 14.9 Å². The predicted octanol–water partition coefficient (Wildman–Crippen LogP) is 5.52. The molecule has 0 radical (unpaired) electrons. The zero-order valence-electron chi connectivity index (χ0n) is 15.1. The monoisotopic (exact) mass is 401 g/mol. The SMILES string of the molecule is O=C(C=Cc1cccc([N+](=O)[O-])c1)Nc1ccc(-c2nc3ccccc3s2)cc1. The summed E-state index contributed by atoms with van der Waals surface area (Å²) in [5.74, 6) is -0.316. The van der Waals surface area contributed by atoms with Crippen LogP contribution < -0.4 is 5.32 Å². The second-order valence-corrected chi connectivity index (χ2v) is 7.27. The molecule has 0 aliphatic heterocycles. The first-order chi connectivity index (χ1) is 14.1. The zero-order chi connectivity index (χ0) is 20.2. The first kappa shape index (κ1) is 18.5. The highest BCUT2D eigenvalue weighted by molar-refractivity contribution is 7.21. The van der Waals surface area contributed by atoms with E-state index in [1.165, 1.54) is 24.3 Å². The van der Waals surface area contributed by atoms with Crippen LogP contribution in [-0.4, -0.2) is 15.8 Å². The van der Waals surface area contributed by atoms with Gasteiger partial charge in [0, 0.05) is 29.5 Å². The van der Waals surface area contributed by atoms with E-state index >= 15 is 0 Å². The molecular formula is C22H15N3O3S. The van der Waals surface area contributed by atoms with Gasteiger partial charge in [-0.15, -0.1) is 11.3 Å². The number of para-hydroxylation sites is 1. The summed E-state index contributed by atoms with van der Waals surface area (Å²) in [5, 5.41) is 14.5. The molecule has 0 aliphatic carbocycles. The average molecular weight is 401 g/mol. The van der Waals surface area contributed by atoms with Crippen molar-refractivity contribution in [3.8, 4) is 10.6 Å². The van der Waals surface area contributed by atoms with Gasteiger partial charge in [0.1, 0.15) is 5.01 Å². The summed E-state index contributed by atoms with van der Waals surface area (Å²) in [7, 11) is 0. The van der Waals surface area contributed by atoms with Crippen LogP contribution in [0, 0.1) is 10.1 Å². The lowest BCUT2D eigenvalue weighted by atomic mass is 10.2. The number of carbonyl (C=O) groups is 1. The fourth-order valence-electron chi connectivity index (χ4n) is 2.79. The molecule has 4 aromatic rings. The quantitative estimate of drug-likeness (QED) is 0.271. The maximum atomic E-state index is 12.1. The average Bonchev–Trinajstić information content (AvgIpc) is 3.17. The second kappa shape index (κ2) is 8.04. The molecule has 0 fully saturated rings. The van der Waals surface area contributed by atoms with Gasteiger partial charge >= 0.3 is 0 Å². The van der Waals surface area contributed by atoms with E-state index in [-0.39, 0.29) is 11.6 Å². The lowest BCUT2D eigenvalue weighted by molar-refractivity contribution is -0.384. The number of nitro benzene ring substituents is 1. The van der Waals surface area contributed by atoms with Gasteiger partial charge in [0.15, 0.2) is 0 Å². The van der Waals surface area contributed by atoms with Crippen LogP contribution in [0.3, 0.4) is 0 Å². The molecule has 29 heavy (non-hydrogen) atoms. The third kappa shape index (κ3) is 4.36. The number of thiazole rings is 1. The van der Waals surface area contributed by atoms with E-state index in [4.69, 9.17) is 0 Å². The highest BCUT2D eigenvalue weighted by atomic mass is 32.1. The molecule has 0 saturated heterocycles. The van der Waals surface area contributed by atoms with Crippen molar-refractivity contribution >= 4 is 44.9 Å². The van der Waals surface area contributed by atoms with Crippen molar-refractivity contribution in [2.24, 2.45) is 0 Å². The molecule has 7 heteroatoms. The number of hydrogen-bond acceptors (Lipinski definition) is 5. The van der Waals surface area contributed by atoms with Gasteiger partial charge in [-0.1, -0.05) is 24.3 Å². The minimum atomic E-state index is -0.468. The number of non-ortho nitro benzene ring substituents is 1. The highest BCUT2D eigenvalue weighted by Gasteiger charge is 2.07. The molecule has 6 nitrogen and oxygen atoms in total. The maximum Gasteiger partial charge on any atom is 0.270 e. The fourth-order valence-corrected chi connectivity index (χ4v) is 3.76. The van der Waals surface area contributed by atoms with Gasteiger partial charge in [-0.25, -0.2) is 4.98 Å². The summed E-state index contributed by atoms with van der Waals surface area (Å²) in [5.41, 5.74) is 3.18. The normalized spacial score (nSPS) is 11.0. The summed E-state index contributed by atoms with van der Waals surface area (Å²) in [6.07, 6.45) is 2.89. The summed E-state index contributed by atoms with van der Waals surface area (Å²) in [6.45, 7) is 0. The van der Waals surface area contributed by atoms with Crippen LogP contribution in [0.4, 0.5) is 11.4 Å². The molecule has 0 spiro atoms. The summed E-state index contributed by atoms with van der Waals surface area (Å²) < 4.78 is 1.13. The lowest BCUT2D eigenvalue weighted by Crippen LogP contribution is -2.07. The van der Waals surface area contributed by atoms with Crippen LogP contribution >= 0.6 is 11.3 Å². The molecule has 1 heterocycles. The Labute approximate surface area is 170 Å². The number of amides is 1. The number of benzene rings is 3. The fraction of sp³-hybridized carbons (Fsp3) is 0. The predicted molar refractivity (Wildman–Crippen MR) is 116 cm³/mol. The number of rotatable bonds is 5. The Balaban J connectivity index is 1.43.